The van der Waals surface area contributed by atoms with Gasteiger partial charge in [0.25, 0.3) is 5.56 Å². The van der Waals surface area contributed by atoms with E-state index in [0.717, 1.165) is 47.9 Å². The van der Waals surface area contributed by atoms with E-state index in [4.69, 9.17) is 4.52 Å². The third-order valence-corrected chi connectivity index (χ3v) is 5.45. The van der Waals surface area contributed by atoms with E-state index in [-0.39, 0.29) is 29.5 Å². The summed E-state index contributed by atoms with van der Waals surface area (Å²) in [4.78, 5) is 16.6. The minimum Gasteiger partial charge on any atom is -0.359 e. The summed E-state index contributed by atoms with van der Waals surface area (Å²) < 4.78 is 7.18. The number of guanidine groups is 1. The van der Waals surface area contributed by atoms with E-state index in [1.165, 1.54) is 0 Å². The second-order valence-corrected chi connectivity index (χ2v) is 7.76. The lowest BCUT2D eigenvalue weighted by Gasteiger charge is -2.10. The molecule has 0 saturated carbocycles. The molecule has 0 fully saturated rings. The molecule has 0 bridgehead atoms. The SMILES string of the molecule is CCNC(=NCc1ccc(Cn2ccccc2=O)cc1)NCc1cc(C(CC)CC)no1.I. The number of aliphatic imine (C=N–C) groups is 1. The third-order valence-electron chi connectivity index (χ3n) is 5.45. The number of hydrogen-bond acceptors (Lipinski definition) is 4. The Bertz CT molecular complexity index is 1050. The maximum absolute atomic E-state index is 11.9. The van der Waals surface area contributed by atoms with Crippen LogP contribution < -0.4 is 16.2 Å². The smallest absolute Gasteiger partial charge is 0.250 e. The molecule has 3 aromatic rings. The van der Waals surface area contributed by atoms with Gasteiger partial charge in [-0.1, -0.05) is 49.3 Å². The summed E-state index contributed by atoms with van der Waals surface area (Å²) in [5, 5.41) is 10.8. The van der Waals surface area contributed by atoms with Crippen molar-refractivity contribution in [3.63, 3.8) is 0 Å². The molecule has 0 aliphatic carbocycles. The van der Waals surface area contributed by atoms with Gasteiger partial charge in [0.2, 0.25) is 0 Å². The van der Waals surface area contributed by atoms with Crippen molar-refractivity contribution in [2.24, 2.45) is 4.99 Å². The molecular formula is C25H34IN5O2. The van der Waals surface area contributed by atoms with E-state index >= 15 is 0 Å². The van der Waals surface area contributed by atoms with Crippen LogP contribution in [-0.4, -0.2) is 22.2 Å². The first kappa shape index (κ1) is 26.6. The molecule has 0 unspecified atom stereocenters. The van der Waals surface area contributed by atoms with Gasteiger partial charge < -0.3 is 19.7 Å². The first-order valence-electron chi connectivity index (χ1n) is 11.3. The summed E-state index contributed by atoms with van der Waals surface area (Å²) in [5.41, 5.74) is 3.20. The highest BCUT2D eigenvalue weighted by atomic mass is 127. The lowest BCUT2D eigenvalue weighted by molar-refractivity contribution is 0.368. The van der Waals surface area contributed by atoms with Crippen molar-refractivity contribution in [2.75, 3.05) is 6.54 Å². The standard InChI is InChI=1S/C25H33N5O2.HI/c1-4-21(5-2)23-15-22(32-29-23)17-28-25(26-6-3)27-16-19-10-12-20(13-11-19)18-30-14-8-7-9-24(30)31;/h7-15,21H,4-6,16-18H2,1-3H3,(H2,26,27,28);1H. The van der Waals surface area contributed by atoms with Crippen molar-refractivity contribution in [2.45, 2.75) is 59.2 Å². The first-order chi connectivity index (χ1) is 15.6. The highest BCUT2D eigenvalue weighted by Gasteiger charge is 2.13. The molecule has 178 valence electrons. The fraction of sp³-hybridized carbons (Fsp3) is 0.400. The van der Waals surface area contributed by atoms with Crippen LogP contribution in [0.5, 0.6) is 0 Å². The molecule has 0 atom stereocenters. The zero-order valence-electron chi connectivity index (χ0n) is 19.6. The highest BCUT2D eigenvalue weighted by molar-refractivity contribution is 14.0. The van der Waals surface area contributed by atoms with E-state index in [1.54, 1.807) is 22.9 Å². The number of benzene rings is 1. The topological polar surface area (TPSA) is 84.5 Å². The Kier molecular flexibility index (Phi) is 11.2. The zero-order valence-corrected chi connectivity index (χ0v) is 21.9. The predicted octanol–water partition coefficient (Wildman–Crippen LogP) is 4.66. The molecule has 0 saturated heterocycles. The number of nitrogens with zero attached hydrogens (tertiary/aromatic N) is 3. The maximum atomic E-state index is 11.9. The molecule has 2 aromatic heterocycles. The number of rotatable bonds is 10. The van der Waals surface area contributed by atoms with Gasteiger partial charge in [-0.15, -0.1) is 24.0 Å². The lowest BCUT2D eigenvalue weighted by atomic mass is 9.99. The van der Waals surface area contributed by atoms with Gasteiger partial charge >= 0.3 is 0 Å². The van der Waals surface area contributed by atoms with Gasteiger partial charge in [-0.2, -0.15) is 0 Å². The Morgan fingerprint density at radius 1 is 1.06 bits per heavy atom. The second kappa shape index (κ2) is 13.8. The Morgan fingerprint density at radius 3 is 2.45 bits per heavy atom. The molecule has 33 heavy (non-hydrogen) atoms. The van der Waals surface area contributed by atoms with Gasteiger partial charge in [-0.25, -0.2) is 4.99 Å². The van der Waals surface area contributed by atoms with E-state index in [2.05, 4.69) is 46.8 Å². The van der Waals surface area contributed by atoms with Gasteiger partial charge in [-0.05, 0) is 37.0 Å². The molecule has 3 rings (SSSR count). The Labute approximate surface area is 212 Å². The van der Waals surface area contributed by atoms with Gasteiger partial charge in [0.15, 0.2) is 11.7 Å². The normalized spacial score (nSPS) is 11.3. The van der Waals surface area contributed by atoms with Crippen LogP contribution >= 0.6 is 24.0 Å². The highest BCUT2D eigenvalue weighted by Crippen LogP contribution is 2.22. The summed E-state index contributed by atoms with van der Waals surface area (Å²) in [6, 6.07) is 15.4. The molecule has 7 nitrogen and oxygen atoms in total. The van der Waals surface area contributed by atoms with Crippen molar-refractivity contribution in [3.05, 3.63) is 87.7 Å². The number of hydrogen-bond donors (Lipinski definition) is 2. The average Bonchev–Trinajstić information content (AvgIpc) is 3.28. The van der Waals surface area contributed by atoms with E-state index < -0.39 is 0 Å². The third kappa shape index (κ3) is 8.03. The Hall–Kier alpha value is -2.62. The molecule has 2 heterocycles. The maximum Gasteiger partial charge on any atom is 0.250 e. The summed E-state index contributed by atoms with van der Waals surface area (Å²) in [6.07, 6.45) is 3.92. The van der Waals surface area contributed by atoms with Crippen LogP contribution in [0.4, 0.5) is 0 Å². The molecular weight excluding hydrogens is 529 g/mol. The van der Waals surface area contributed by atoms with Crippen LogP contribution in [0, 0.1) is 0 Å². The second-order valence-electron chi connectivity index (χ2n) is 7.76. The number of nitrogens with one attached hydrogen (secondary N) is 2. The number of aromatic nitrogens is 2. The molecule has 0 aliphatic rings. The summed E-state index contributed by atoms with van der Waals surface area (Å²) in [5.74, 6) is 1.98. The van der Waals surface area contributed by atoms with Gasteiger partial charge in [0.05, 0.1) is 25.3 Å². The minimum atomic E-state index is 0. The monoisotopic (exact) mass is 563 g/mol. The summed E-state index contributed by atoms with van der Waals surface area (Å²) in [7, 11) is 0. The van der Waals surface area contributed by atoms with E-state index in [0.29, 0.717) is 25.6 Å². The van der Waals surface area contributed by atoms with Gasteiger partial charge in [0, 0.05) is 30.8 Å². The van der Waals surface area contributed by atoms with Gasteiger partial charge in [-0.3, -0.25) is 4.79 Å². The minimum absolute atomic E-state index is 0. The number of pyridine rings is 1. The fourth-order valence-electron chi connectivity index (χ4n) is 3.53. The molecule has 2 N–H and O–H groups in total. The van der Waals surface area contributed by atoms with Crippen LogP contribution in [0.1, 0.15) is 62.1 Å². The van der Waals surface area contributed by atoms with Crippen molar-refractivity contribution < 1.29 is 4.52 Å². The first-order valence-corrected chi connectivity index (χ1v) is 11.3. The molecule has 0 amide bonds. The van der Waals surface area contributed by atoms with Crippen LogP contribution in [0.25, 0.3) is 0 Å². The zero-order chi connectivity index (χ0) is 22.8. The summed E-state index contributed by atoms with van der Waals surface area (Å²) in [6.45, 7) is 8.79. The van der Waals surface area contributed by atoms with Crippen LogP contribution in [0.15, 0.2) is 69.0 Å². The lowest BCUT2D eigenvalue weighted by Crippen LogP contribution is -2.36. The Morgan fingerprint density at radius 2 is 1.79 bits per heavy atom. The molecule has 1 aromatic carbocycles. The molecule has 0 radical (unpaired) electrons. The van der Waals surface area contributed by atoms with Crippen LogP contribution in [0.3, 0.4) is 0 Å². The number of halogens is 1. The molecule has 8 heteroatoms. The van der Waals surface area contributed by atoms with Gasteiger partial charge in [0.1, 0.15) is 0 Å². The predicted molar refractivity (Wildman–Crippen MR) is 143 cm³/mol. The van der Waals surface area contributed by atoms with E-state index in [9.17, 15) is 4.79 Å². The largest absolute Gasteiger partial charge is 0.359 e. The van der Waals surface area contributed by atoms with Crippen molar-refractivity contribution >= 4 is 29.9 Å². The van der Waals surface area contributed by atoms with Crippen molar-refractivity contribution in [1.82, 2.24) is 20.4 Å². The van der Waals surface area contributed by atoms with E-state index in [1.807, 2.05) is 31.2 Å². The quantitative estimate of drug-likeness (QED) is 0.213. The van der Waals surface area contributed by atoms with Crippen molar-refractivity contribution in [1.29, 1.82) is 0 Å². The average molecular weight is 563 g/mol. The molecule has 0 spiro atoms. The molecule has 0 aliphatic heterocycles. The van der Waals surface area contributed by atoms with Crippen LogP contribution in [-0.2, 0) is 19.6 Å². The van der Waals surface area contributed by atoms with Crippen molar-refractivity contribution in [3.8, 4) is 0 Å². The summed E-state index contributed by atoms with van der Waals surface area (Å²) >= 11 is 0. The van der Waals surface area contributed by atoms with Crippen LogP contribution in [0.2, 0.25) is 0 Å². The fourth-order valence-corrected chi connectivity index (χ4v) is 3.53. The Balaban J connectivity index is 0.00000385.